The predicted molar refractivity (Wildman–Crippen MR) is 92.8 cm³/mol. The largest absolute Gasteiger partial charge is 0.224 e. The molecule has 0 heterocycles. The average Bonchev–Trinajstić information content (AvgIpc) is 2.52. The van der Waals surface area contributed by atoms with Crippen molar-refractivity contribution in [2.75, 3.05) is 11.1 Å². The van der Waals surface area contributed by atoms with E-state index < -0.39 is 9.84 Å². The van der Waals surface area contributed by atoms with Crippen LogP contribution in [0.5, 0.6) is 0 Å². The number of halogens is 1. The van der Waals surface area contributed by atoms with Gasteiger partial charge in [0, 0.05) is 5.33 Å². The van der Waals surface area contributed by atoms with Crippen molar-refractivity contribution in [3.63, 3.8) is 0 Å². The van der Waals surface area contributed by atoms with E-state index in [4.69, 9.17) is 0 Å². The van der Waals surface area contributed by atoms with Crippen molar-refractivity contribution >= 4 is 36.5 Å². The van der Waals surface area contributed by atoms with Crippen LogP contribution in [-0.4, -0.2) is 19.5 Å². The van der Waals surface area contributed by atoms with Crippen molar-refractivity contribution in [2.24, 2.45) is 5.41 Å². The first-order valence-electron chi connectivity index (χ1n) is 7.24. The van der Waals surface area contributed by atoms with Crippen molar-refractivity contribution in [3.8, 4) is 0 Å². The fraction of sp³-hybridized carbons (Fsp3) is 0.412. The van der Waals surface area contributed by atoms with Gasteiger partial charge in [-0.15, -0.1) is 0 Å². The van der Waals surface area contributed by atoms with Gasteiger partial charge in [-0.3, -0.25) is 0 Å². The summed E-state index contributed by atoms with van der Waals surface area (Å²) < 4.78 is 25.5. The molecule has 0 fully saturated rings. The molecule has 2 aromatic carbocycles. The zero-order valence-corrected chi connectivity index (χ0v) is 14.9. The molecule has 0 bridgehead atoms. The van der Waals surface area contributed by atoms with Gasteiger partial charge >= 0.3 is 0 Å². The molecule has 2 aromatic rings. The normalized spacial score (nSPS) is 12.7. The molecule has 0 unspecified atom stereocenters. The van der Waals surface area contributed by atoms with Gasteiger partial charge < -0.3 is 0 Å². The molecule has 0 aliphatic heterocycles. The molecule has 0 aliphatic carbocycles. The summed E-state index contributed by atoms with van der Waals surface area (Å²) in [5.74, 6) is 0.191. The fourth-order valence-electron chi connectivity index (χ4n) is 2.53. The molecule has 0 radical (unpaired) electrons. The predicted octanol–water partition coefficient (Wildman–Crippen LogP) is 4.81. The number of rotatable bonds is 6. The summed E-state index contributed by atoms with van der Waals surface area (Å²) in [4.78, 5) is 0.424. The Bertz CT molecular complexity index is 710. The minimum Gasteiger partial charge on any atom is -0.224 e. The second-order valence-electron chi connectivity index (χ2n) is 5.61. The van der Waals surface area contributed by atoms with Crippen molar-refractivity contribution in [3.05, 3.63) is 42.5 Å². The molecule has 0 amide bonds. The van der Waals surface area contributed by atoms with E-state index in [9.17, 15) is 8.42 Å². The molecule has 2 nitrogen and oxygen atoms in total. The molecule has 0 saturated carbocycles. The third-order valence-corrected chi connectivity index (χ3v) is 7.51. The summed E-state index contributed by atoms with van der Waals surface area (Å²) in [7, 11) is -3.28. The lowest BCUT2D eigenvalue weighted by atomic mass is 9.87. The molecular weight excluding hydrogens is 348 g/mol. The SMILES string of the molecule is CCC(CC)(CBr)CS(=O)(=O)c1ccc2ccccc2c1. The van der Waals surface area contributed by atoms with Crippen LogP contribution in [-0.2, 0) is 9.84 Å². The van der Waals surface area contributed by atoms with E-state index >= 15 is 0 Å². The molecule has 4 heteroatoms. The van der Waals surface area contributed by atoms with Crippen LogP contribution in [0.2, 0.25) is 0 Å². The van der Waals surface area contributed by atoms with Crippen LogP contribution in [0.15, 0.2) is 47.4 Å². The molecule has 2 rings (SSSR count). The average molecular weight is 369 g/mol. The van der Waals surface area contributed by atoms with E-state index in [0.29, 0.717) is 10.2 Å². The van der Waals surface area contributed by atoms with Crippen molar-refractivity contribution < 1.29 is 8.42 Å². The number of sulfone groups is 1. The second-order valence-corrected chi connectivity index (χ2v) is 8.16. The molecule has 0 saturated heterocycles. The van der Waals surface area contributed by atoms with Gasteiger partial charge in [0.15, 0.2) is 9.84 Å². The van der Waals surface area contributed by atoms with Crippen molar-refractivity contribution in [2.45, 2.75) is 31.6 Å². The Kier molecular flexibility index (Phi) is 5.10. The maximum atomic E-state index is 12.7. The van der Waals surface area contributed by atoms with Crippen LogP contribution in [0.25, 0.3) is 10.8 Å². The zero-order valence-electron chi connectivity index (χ0n) is 12.5. The van der Waals surface area contributed by atoms with Gasteiger partial charge in [-0.05, 0) is 41.2 Å². The van der Waals surface area contributed by atoms with Crippen LogP contribution < -0.4 is 0 Å². The fourth-order valence-corrected chi connectivity index (χ4v) is 5.85. The van der Waals surface area contributed by atoms with E-state index in [1.165, 1.54) is 0 Å². The lowest BCUT2D eigenvalue weighted by Gasteiger charge is -2.29. The Morgan fingerprint density at radius 3 is 2.19 bits per heavy atom. The van der Waals surface area contributed by atoms with Gasteiger partial charge in [-0.25, -0.2) is 8.42 Å². The molecule has 0 atom stereocenters. The van der Waals surface area contributed by atoms with Crippen LogP contribution in [0, 0.1) is 5.41 Å². The summed E-state index contributed by atoms with van der Waals surface area (Å²) in [5.41, 5.74) is -0.190. The number of benzene rings is 2. The number of fused-ring (bicyclic) bond motifs is 1. The topological polar surface area (TPSA) is 34.1 Å². The summed E-state index contributed by atoms with van der Waals surface area (Å²) in [6.07, 6.45) is 1.70. The van der Waals surface area contributed by atoms with Gasteiger partial charge in [-0.1, -0.05) is 60.1 Å². The van der Waals surface area contributed by atoms with E-state index in [1.807, 2.05) is 30.3 Å². The maximum absolute atomic E-state index is 12.7. The quantitative estimate of drug-likeness (QED) is 0.685. The summed E-state index contributed by atoms with van der Waals surface area (Å²) in [6.45, 7) is 4.11. The molecular formula is C17H21BrO2S. The summed E-state index contributed by atoms with van der Waals surface area (Å²) >= 11 is 3.49. The molecule has 0 aromatic heterocycles. The van der Waals surface area contributed by atoms with Crippen molar-refractivity contribution in [1.82, 2.24) is 0 Å². The Morgan fingerprint density at radius 2 is 1.62 bits per heavy atom. The van der Waals surface area contributed by atoms with Crippen LogP contribution in [0.4, 0.5) is 0 Å². The van der Waals surface area contributed by atoms with Gasteiger partial charge in [-0.2, -0.15) is 0 Å². The van der Waals surface area contributed by atoms with E-state index in [2.05, 4.69) is 29.8 Å². The molecule has 114 valence electrons. The van der Waals surface area contributed by atoms with Gasteiger partial charge in [0.2, 0.25) is 0 Å². The highest BCUT2D eigenvalue weighted by molar-refractivity contribution is 9.09. The van der Waals surface area contributed by atoms with Crippen LogP contribution in [0.1, 0.15) is 26.7 Å². The molecule has 0 spiro atoms. The third-order valence-electron chi connectivity index (χ3n) is 4.36. The highest BCUT2D eigenvalue weighted by atomic mass is 79.9. The van der Waals surface area contributed by atoms with Crippen molar-refractivity contribution in [1.29, 1.82) is 0 Å². The molecule has 0 aliphatic rings. The van der Waals surface area contributed by atoms with Gasteiger partial charge in [0.05, 0.1) is 10.6 Å². The third kappa shape index (κ3) is 3.49. The lowest BCUT2D eigenvalue weighted by molar-refractivity contribution is 0.351. The minimum atomic E-state index is -3.28. The lowest BCUT2D eigenvalue weighted by Crippen LogP contribution is -2.30. The Morgan fingerprint density at radius 1 is 1.00 bits per heavy atom. The summed E-state index contributed by atoms with van der Waals surface area (Å²) in [5, 5.41) is 2.74. The highest BCUT2D eigenvalue weighted by Gasteiger charge is 2.32. The van der Waals surface area contributed by atoms with E-state index in [1.54, 1.807) is 12.1 Å². The minimum absolute atomic E-state index is 0.190. The first-order valence-corrected chi connectivity index (χ1v) is 10.0. The van der Waals surface area contributed by atoms with Crippen LogP contribution in [0.3, 0.4) is 0 Å². The monoisotopic (exact) mass is 368 g/mol. The van der Waals surface area contributed by atoms with Crippen LogP contribution >= 0.6 is 15.9 Å². The first-order chi connectivity index (χ1) is 9.96. The number of hydrogen-bond donors (Lipinski definition) is 0. The Hall–Kier alpha value is -0.870. The summed E-state index contributed by atoms with van der Waals surface area (Å²) in [6, 6.07) is 13.2. The van der Waals surface area contributed by atoms with E-state index in [0.717, 1.165) is 23.6 Å². The molecule has 0 N–H and O–H groups in total. The maximum Gasteiger partial charge on any atom is 0.178 e. The number of hydrogen-bond acceptors (Lipinski definition) is 2. The van der Waals surface area contributed by atoms with Gasteiger partial charge in [0.1, 0.15) is 0 Å². The number of alkyl halides is 1. The van der Waals surface area contributed by atoms with E-state index in [-0.39, 0.29) is 11.2 Å². The van der Waals surface area contributed by atoms with Gasteiger partial charge in [0.25, 0.3) is 0 Å². The smallest absolute Gasteiger partial charge is 0.178 e. The standard InChI is InChI=1S/C17H21BrO2S/c1-3-17(4-2,12-18)13-21(19,20)16-10-9-14-7-5-6-8-15(14)11-16/h5-11H,3-4,12-13H2,1-2H3. The molecule has 21 heavy (non-hydrogen) atoms. The Balaban J connectivity index is 2.41. The Labute approximate surface area is 135 Å². The zero-order chi connectivity index (χ0) is 15.5. The highest BCUT2D eigenvalue weighted by Crippen LogP contribution is 2.33. The second kappa shape index (κ2) is 6.49. The first kappa shape index (κ1) is 16.5.